The van der Waals surface area contributed by atoms with E-state index in [1.54, 1.807) is 12.5 Å². The highest BCUT2D eigenvalue weighted by Crippen LogP contribution is 2.25. The molecule has 3 nitrogen and oxygen atoms in total. The van der Waals surface area contributed by atoms with Gasteiger partial charge in [0.05, 0.1) is 12.5 Å². The number of furan rings is 1. The van der Waals surface area contributed by atoms with Gasteiger partial charge in [0.25, 0.3) is 0 Å². The van der Waals surface area contributed by atoms with Gasteiger partial charge in [0.1, 0.15) is 0 Å². The molecule has 1 aromatic carbocycles. The molecule has 2 rings (SSSR count). The topological polar surface area (TPSA) is 42.4 Å². The SMILES string of the molecule is C[C@@H](N)c1ccccc1N(C)Cc1ccoc1. The number of anilines is 1. The molecule has 1 atom stereocenters. The number of rotatable bonds is 4. The van der Waals surface area contributed by atoms with Gasteiger partial charge >= 0.3 is 0 Å². The molecule has 0 bridgehead atoms. The maximum atomic E-state index is 5.98. The number of benzene rings is 1. The van der Waals surface area contributed by atoms with Crippen LogP contribution < -0.4 is 10.6 Å². The van der Waals surface area contributed by atoms with E-state index in [1.165, 1.54) is 11.3 Å². The minimum absolute atomic E-state index is 0.0398. The molecule has 17 heavy (non-hydrogen) atoms. The quantitative estimate of drug-likeness (QED) is 0.878. The number of hydrogen-bond acceptors (Lipinski definition) is 3. The molecule has 3 heteroatoms. The molecule has 0 radical (unpaired) electrons. The molecule has 0 saturated carbocycles. The van der Waals surface area contributed by atoms with E-state index in [2.05, 4.69) is 24.1 Å². The van der Waals surface area contributed by atoms with Crippen LogP contribution in [0.15, 0.2) is 47.3 Å². The Bertz CT molecular complexity index is 463. The van der Waals surface area contributed by atoms with Gasteiger partial charge < -0.3 is 15.1 Å². The zero-order chi connectivity index (χ0) is 12.3. The van der Waals surface area contributed by atoms with Crippen molar-refractivity contribution in [2.75, 3.05) is 11.9 Å². The van der Waals surface area contributed by atoms with Gasteiger partial charge in [-0.05, 0) is 24.6 Å². The average molecular weight is 230 g/mol. The summed E-state index contributed by atoms with van der Waals surface area (Å²) in [5.74, 6) is 0. The zero-order valence-electron chi connectivity index (χ0n) is 10.3. The summed E-state index contributed by atoms with van der Waals surface area (Å²) < 4.78 is 5.08. The summed E-state index contributed by atoms with van der Waals surface area (Å²) in [5.41, 5.74) is 9.48. The van der Waals surface area contributed by atoms with E-state index in [4.69, 9.17) is 10.2 Å². The first-order valence-electron chi connectivity index (χ1n) is 5.75. The van der Waals surface area contributed by atoms with Crippen LogP contribution in [0.5, 0.6) is 0 Å². The Kier molecular flexibility index (Phi) is 3.49. The summed E-state index contributed by atoms with van der Waals surface area (Å²) in [4.78, 5) is 2.18. The van der Waals surface area contributed by atoms with E-state index in [0.717, 1.165) is 12.1 Å². The third-order valence-electron chi connectivity index (χ3n) is 2.84. The third-order valence-corrected chi connectivity index (χ3v) is 2.84. The van der Waals surface area contributed by atoms with E-state index in [-0.39, 0.29) is 6.04 Å². The van der Waals surface area contributed by atoms with Crippen molar-refractivity contribution in [1.82, 2.24) is 0 Å². The van der Waals surface area contributed by atoms with Crippen molar-refractivity contribution >= 4 is 5.69 Å². The number of hydrogen-bond donors (Lipinski definition) is 1. The second-order valence-corrected chi connectivity index (χ2v) is 4.34. The summed E-state index contributed by atoms with van der Waals surface area (Å²) in [6.07, 6.45) is 3.46. The zero-order valence-corrected chi connectivity index (χ0v) is 10.3. The summed E-state index contributed by atoms with van der Waals surface area (Å²) in [6, 6.07) is 10.2. The van der Waals surface area contributed by atoms with Crippen LogP contribution >= 0.6 is 0 Å². The fourth-order valence-electron chi connectivity index (χ4n) is 1.96. The molecule has 1 heterocycles. The van der Waals surface area contributed by atoms with E-state index >= 15 is 0 Å². The Balaban J connectivity index is 2.21. The molecule has 0 spiro atoms. The summed E-state index contributed by atoms with van der Waals surface area (Å²) in [5, 5.41) is 0. The first-order valence-corrected chi connectivity index (χ1v) is 5.75. The van der Waals surface area contributed by atoms with E-state index in [0.29, 0.717) is 0 Å². The Morgan fingerprint density at radius 1 is 1.29 bits per heavy atom. The van der Waals surface area contributed by atoms with Crippen molar-refractivity contribution in [2.45, 2.75) is 19.5 Å². The first kappa shape index (κ1) is 11.7. The molecule has 0 unspecified atom stereocenters. The van der Waals surface area contributed by atoms with Crippen LogP contribution in [0, 0.1) is 0 Å². The van der Waals surface area contributed by atoms with E-state index < -0.39 is 0 Å². The Labute approximate surface area is 102 Å². The van der Waals surface area contributed by atoms with Crippen molar-refractivity contribution in [1.29, 1.82) is 0 Å². The van der Waals surface area contributed by atoms with Crippen LogP contribution in [0.2, 0.25) is 0 Å². The highest BCUT2D eigenvalue weighted by Gasteiger charge is 2.10. The van der Waals surface area contributed by atoms with Gasteiger partial charge in [-0.3, -0.25) is 0 Å². The predicted octanol–water partition coefficient (Wildman–Crippen LogP) is 2.94. The fraction of sp³-hybridized carbons (Fsp3) is 0.286. The molecule has 0 aliphatic heterocycles. The van der Waals surface area contributed by atoms with Crippen molar-refractivity contribution in [2.24, 2.45) is 5.73 Å². The van der Waals surface area contributed by atoms with Crippen LogP contribution in [0.25, 0.3) is 0 Å². The van der Waals surface area contributed by atoms with Gasteiger partial charge in [-0.25, -0.2) is 0 Å². The molecule has 2 N–H and O–H groups in total. The maximum Gasteiger partial charge on any atom is 0.0952 e. The summed E-state index contributed by atoms with van der Waals surface area (Å²) in [6.45, 7) is 2.82. The molecule has 0 saturated heterocycles. The minimum Gasteiger partial charge on any atom is -0.472 e. The summed E-state index contributed by atoms with van der Waals surface area (Å²) >= 11 is 0. The second kappa shape index (κ2) is 5.06. The molecule has 90 valence electrons. The van der Waals surface area contributed by atoms with Crippen molar-refractivity contribution in [3.05, 3.63) is 54.0 Å². The average Bonchev–Trinajstić information content (AvgIpc) is 2.81. The number of para-hydroxylation sites is 1. The van der Waals surface area contributed by atoms with E-state index in [9.17, 15) is 0 Å². The molecule has 2 aromatic rings. The van der Waals surface area contributed by atoms with Gasteiger partial charge in [0.15, 0.2) is 0 Å². The van der Waals surface area contributed by atoms with Crippen LogP contribution in [0.4, 0.5) is 5.69 Å². The maximum absolute atomic E-state index is 5.98. The van der Waals surface area contributed by atoms with Gasteiger partial charge in [0.2, 0.25) is 0 Å². The largest absolute Gasteiger partial charge is 0.472 e. The molecule has 0 aliphatic rings. The Morgan fingerprint density at radius 3 is 2.71 bits per heavy atom. The lowest BCUT2D eigenvalue weighted by Gasteiger charge is -2.23. The third kappa shape index (κ3) is 2.68. The first-order chi connectivity index (χ1) is 8.18. The lowest BCUT2D eigenvalue weighted by atomic mass is 10.1. The molecule has 1 aromatic heterocycles. The molecule has 0 amide bonds. The van der Waals surface area contributed by atoms with Crippen LogP contribution in [-0.2, 0) is 6.54 Å². The van der Waals surface area contributed by atoms with Crippen LogP contribution in [0.1, 0.15) is 24.1 Å². The Hall–Kier alpha value is -1.74. The number of nitrogens with zero attached hydrogens (tertiary/aromatic N) is 1. The van der Waals surface area contributed by atoms with Gasteiger partial charge in [-0.1, -0.05) is 18.2 Å². The second-order valence-electron chi connectivity index (χ2n) is 4.34. The lowest BCUT2D eigenvalue weighted by molar-refractivity contribution is 0.563. The molecular formula is C14H18N2O. The van der Waals surface area contributed by atoms with Crippen LogP contribution in [-0.4, -0.2) is 7.05 Å². The van der Waals surface area contributed by atoms with Crippen molar-refractivity contribution < 1.29 is 4.42 Å². The number of nitrogens with two attached hydrogens (primary N) is 1. The molecule has 0 fully saturated rings. The van der Waals surface area contributed by atoms with Crippen molar-refractivity contribution in [3.8, 4) is 0 Å². The fourth-order valence-corrected chi connectivity index (χ4v) is 1.96. The van der Waals surface area contributed by atoms with E-state index in [1.807, 2.05) is 25.1 Å². The van der Waals surface area contributed by atoms with Gasteiger partial charge in [-0.2, -0.15) is 0 Å². The van der Waals surface area contributed by atoms with Gasteiger partial charge in [-0.15, -0.1) is 0 Å². The highest BCUT2D eigenvalue weighted by molar-refractivity contribution is 5.54. The van der Waals surface area contributed by atoms with Crippen LogP contribution in [0.3, 0.4) is 0 Å². The summed E-state index contributed by atoms with van der Waals surface area (Å²) in [7, 11) is 2.06. The lowest BCUT2D eigenvalue weighted by Crippen LogP contribution is -2.19. The normalized spacial score (nSPS) is 12.4. The highest BCUT2D eigenvalue weighted by atomic mass is 16.3. The standard InChI is InChI=1S/C14H18N2O/c1-11(15)13-5-3-4-6-14(13)16(2)9-12-7-8-17-10-12/h3-8,10-11H,9,15H2,1-2H3/t11-/m1/s1. The van der Waals surface area contributed by atoms with Crippen molar-refractivity contribution in [3.63, 3.8) is 0 Å². The van der Waals surface area contributed by atoms with Gasteiger partial charge in [0, 0.05) is 30.9 Å². The Morgan fingerprint density at radius 2 is 2.06 bits per heavy atom. The molecule has 0 aliphatic carbocycles. The molecular weight excluding hydrogens is 212 g/mol. The smallest absolute Gasteiger partial charge is 0.0952 e. The monoisotopic (exact) mass is 230 g/mol. The minimum atomic E-state index is 0.0398. The predicted molar refractivity (Wildman–Crippen MR) is 69.9 cm³/mol.